The molecule has 3 nitrogen and oxygen atoms in total. The van der Waals surface area contributed by atoms with Crippen LogP contribution < -0.4 is 5.32 Å². The quantitative estimate of drug-likeness (QED) is 0.395. The van der Waals surface area contributed by atoms with Crippen molar-refractivity contribution in [3.8, 4) is 0 Å². The zero-order valence-corrected chi connectivity index (χ0v) is 17.2. The van der Waals surface area contributed by atoms with E-state index in [1.54, 1.807) is 6.07 Å². The van der Waals surface area contributed by atoms with Crippen molar-refractivity contribution in [2.75, 3.05) is 6.54 Å². The third-order valence-corrected chi connectivity index (χ3v) is 5.80. The monoisotopic (exact) mass is 422 g/mol. The molecule has 0 aliphatic carbocycles. The summed E-state index contributed by atoms with van der Waals surface area (Å²) in [6, 6.07) is 23.3. The molecule has 5 heteroatoms. The maximum Gasteiger partial charge on any atom is 0.224 e. The fraction of sp³-hybridized carbons (Fsp3) is 0.125. The third kappa shape index (κ3) is 4.31. The Bertz CT molecular complexity index is 1150. The average Bonchev–Trinajstić information content (AvgIpc) is 3.15. The maximum absolute atomic E-state index is 12.6. The molecule has 0 aliphatic rings. The molecule has 29 heavy (non-hydrogen) atoms. The summed E-state index contributed by atoms with van der Waals surface area (Å²) in [5.41, 5.74) is 3.96. The first kappa shape index (κ1) is 19.6. The van der Waals surface area contributed by atoms with Crippen molar-refractivity contribution in [2.24, 2.45) is 0 Å². The van der Waals surface area contributed by atoms with Gasteiger partial charge in [-0.1, -0.05) is 77.8 Å². The Hall–Kier alpha value is -2.75. The topological polar surface area (TPSA) is 44.9 Å². The number of hydrogen-bond acceptors (Lipinski definition) is 1. The highest BCUT2D eigenvalue weighted by molar-refractivity contribution is 6.31. The largest absolute Gasteiger partial charge is 0.361 e. The highest BCUT2D eigenvalue weighted by Crippen LogP contribution is 2.34. The number of aromatic nitrogens is 1. The third-order valence-electron chi connectivity index (χ3n) is 5.09. The molecule has 0 bridgehead atoms. The zero-order valence-electron chi connectivity index (χ0n) is 15.7. The van der Waals surface area contributed by atoms with Gasteiger partial charge in [0.15, 0.2) is 0 Å². The number of amides is 1. The van der Waals surface area contributed by atoms with Crippen molar-refractivity contribution < 1.29 is 4.79 Å². The van der Waals surface area contributed by atoms with Crippen LogP contribution in [0.25, 0.3) is 10.9 Å². The van der Waals surface area contributed by atoms with Crippen molar-refractivity contribution in [1.82, 2.24) is 10.3 Å². The lowest BCUT2D eigenvalue weighted by atomic mass is 9.90. The van der Waals surface area contributed by atoms with Gasteiger partial charge in [0.1, 0.15) is 0 Å². The predicted molar refractivity (Wildman–Crippen MR) is 120 cm³/mol. The van der Waals surface area contributed by atoms with Gasteiger partial charge >= 0.3 is 0 Å². The Balaban J connectivity index is 1.61. The molecule has 4 aromatic rings. The second-order valence-corrected chi connectivity index (χ2v) is 7.75. The van der Waals surface area contributed by atoms with E-state index in [2.05, 4.69) is 16.4 Å². The SMILES string of the molecule is O=C(Cc1ccccc1Cl)NCC(c1ccccc1Cl)c1c[nH]c2ccccc12. The Morgan fingerprint density at radius 2 is 1.55 bits per heavy atom. The molecular formula is C24H20Cl2N2O. The summed E-state index contributed by atoms with van der Waals surface area (Å²) in [6.07, 6.45) is 2.24. The Morgan fingerprint density at radius 1 is 0.862 bits per heavy atom. The van der Waals surface area contributed by atoms with E-state index in [1.165, 1.54) is 0 Å². The van der Waals surface area contributed by atoms with Gasteiger partial charge in [-0.2, -0.15) is 0 Å². The second kappa shape index (κ2) is 8.73. The molecule has 3 aromatic carbocycles. The van der Waals surface area contributed by atoms with Gasteiger partial charge in [0.2, 0.25) is 5.91 Å². The number of carbonyl (C=O) groups is 1. The van der Waals surface area contributed by atoms with Crippen molar-refractivity contribution >= 4 is 40.0 Å². The molecule has 0 saturated carbocycles. The lowest BCUT2D eigenvalue weighted by Crippen LogP contribution is -2.30. The van der Waals surface area contributed by atoms with Crippen LogP contribution in [0.1, 0.15) is 22.6 Å². The normalized spacial score (nSPS) is 12.1. The number of fused-ring (bicyclic) bond motifs is 1. The molecule has 0 saturated heterocycles. The van der Waals surface area contributed by atoms with E-state index in [9.17, 15) is 4.79 Å². The van der Waals surface area contributed by atoms with Crippen LogP contribution in [-0.2, 0) is 11.2 Å². The number of nitrogens with one attached hydrogen (secondary N) is 2. The van der Waals surface area contributed by atoms with Crippen molar-refractivity contribution in [3.05, 3.63) is 106 Å². The first-order valence-electron chi connectivity index (χ1n) is 9.44. The number of carbonyl (C=O) groups excluding carboxylic acids is 1. The van der Waals surface area contributed by atoms with Crippen LogP contribution in [0.2, 0.25) is 10.0 Å². The summed E-state index contributed by atoms with van der Waals surface area (Å²) in [4.78, 5) is 15.9. The van der Waals surface area contributed by atoms with E-state index in [1.807, 2.05) is 66.9 Å². The maximum atomic E-state index is 12.6. The van der Waals surface area contributed by atoms with Crippen LogP contribution in [0.5, 0.6) is 0 Å². The van der Waals surface area contributed by atoms with E-state index in [0.717, 1.165) is 27.6 Å². The molecular weight excluding hydrogens is 403 g/mol. The fourth-order valence-electron chi connectivity index (χ4n) is 3.62. The molecule has 1 heterocycles. The van der Waals surface area contributed by atoms with Gasteiger partial charge in [0.05, 0.1) is 6.42 Å². The number of halogens is 2. The number of H-pyrrole nitrogens is 1. The van der Waals surface area contributed by atoms with E-state index < -0.39 is 0 Å². The van der Waals surface area contributed by atoms with Gasteiger partial charge in [0.25, 0.3) is 0 Å². The van der Waals surface area contributed by atoms with Crippen molar-refractivity contribution in [2.45, 2.75) is 12.3 Å². The first-order valence-corrected chi connectivity index (χ1v) is 10.2. The molecule has 1 unspecified atom stereocenters. The van der Waals surface area contributed by atoms with Gasteiger partial charge < -0.3 is 10.3 Å². The Kier molecular flexibility index (Phi) is 5.89. The van der Waals surface area contributed by atoms with E-state index in [-0.39, 0.29) is 18.2 Å². The summed E-state index contributed by atoms with van der Waals surface area (Å²) in [5.74, 6) is -0.148. The number of benzene rings is 3. The molecule has 0 spiro atoms. The standard InChI is InChI=1S/C24H20Cl2N2O/c25-21-10-4-1-7-16(21)13-24(29)28-15-19(17-8-2-5-11-22(17)26)20-14-27-23-12-6-3-9-18(20)23/h1-12,14,19,27H,13,15H2,(H,28,29). The molecule has 4 rings (SSSR count). The lowest BCUT2D eigenvalue weighted by Gasteiger charge is -2.19. The van der Waals surface area contributed by atoms with Crippen LogP contribution in [-0.4, -0.2) is 17.4 Å². The number of rotatable bonds is 6. The number of hydrogen-bond donors (Lipinski definition) is 2. The molecule has 0 aliphatic heterocycles. The van der Waals surface area contributed by atoms with Crippen LogP contribution in [0, 0.1) is 0 Å². The van der Waals surface area contributed by atoms with Gasteiger partial charge in [0, 0.05) is 39.6 Å². The second-order valence-electron chi connectivity index (χ2n) is 6.94. The summed E-state index contributed by atoms with van der Waals surface area (Å²) in [6.45, 7) is 0.439. The van der Waals surface area contributed by atoms with E-state index >= 15 is 0 Å². The fourth-order valence-corrected chi connectivity index (χ4v) is 4.09. The summed E-state index contributed by atoms with van der Waals surface area (Å²) in [7, 11) is 0. The van der Waals surface area contributed by atoms with Crippen LogP contribution >= 0.6 is 23.2 Å². The summed E-state index contributed by atoms with van der Waals surface area (Å²) >= 11 is 12.7. The van der Waals surface area contributed by atoms with Gasteiger partial charge in [-0.15, -0.1) is 0 Å². The molecule has 146 valence electrons. The number of para-hydroxylation sites is 1. The van der Waals surface area contributed by atoms with Crippen molar-refractivity contribution in [3.63, 3.8) is 0 Å². The molecule has 2 N–H and O–H groups in total. The molecule has 0 fully saturated rings. The first-order chi connectivity index (χ1) is 14.1. The minimum atomic E-state index is -0.0741. The Morgan fingerprint density at radius 3 is 2.34 bits per heavy atom. The van der Waals surface area contributed by atoms with E-state index in [0.29, 0.717) is 16.6 Å². The zero-order chi connectivity index (χ0) is 20.2. The lowest BCUT2D eigenvalue weighted by molar-refractivity contribution is -0.120. The van der Waals surface area contributed by atoms with E-state index in [4.69, 9.17) is 23.2 Å². The van der Waals surface area contributed by atoms with Crippen LogP contribution in [0.15, 0.2) is 79.0 Å². The molecule has 1 atom stereocenters. The molecule has 1 aromatic heterocycles. The minimum absolute atomic E-state index is 0.0740. The summed E-state index contributed by atoms with van der Waals surface area (Å²) in [5, 5.41) is 5.47. The highest BCUT2D eigenvalue weighted by Gasteiger charge is 2.21. The van der Waals surface area contributed by atoms with Crippen molar-refractivity contribution in [1.29, 1.82) is 0 Å². The van der Waals surface area contributed by atoms with Gasteiger partial charge in [-0.05, 0) is 34.9 Å². The molecule has 0 radical (unpaired) electrons. The molecule has 1 amide bonds. The smallest absolute Gasteiger partial charge is 0.224 e. The minimum Gasteiger partial charge on any atom is -0.361 e. The van der Waals surface area contributed by atoms with Crippen LogP contribution in [0.4, 0.5) is 0 Å². The van der Waals surface area contributed by atoms with Gasteiger partial charge in [-0.3, -0.25) is 4.79 Å². The Labute approximate surface area is 179 Å². The van der Waals surface area contributed by atoms with Crippen LogP contribution in [0.3, 0.4) is 0 Å². The summed E-state index contributed by atoms with van der Waals surface area (Å²) < 4.78 is 0. The average molecular weight is 423 g/mol. The highest BCUT2D eigenvalue weighted by atomic mass is 35.5. The predicted octanol–water partition coefficient (Wildman–Crippen LogP) is 5.97. The number of aromatic amines is 1. The van der Waals surface area contributed by atoms with Gasteiger partial charge in [-0.25, -0.2) is 0 Å².